The van der Waals surface area contributed by atoms with Crippen molar-refractivity contribution in [1.29, 1.82) is 5.26 Å². The normalized spacial score (nSPS) is 23.9. The first-order valence-electron chi connectivity index (χ1n) is 5.37. The van der Waals surface area contributed by atoms with Gasteiger partial charge in [0, 0.05) is 6.42 Å². The van der Waals surface area contributed by atoms with Gasteiger partial charge in [-0.3, -0.25) is 14.5 Å². The molecule has 2 amide bonds. The number of benzene rings is 1. The zero-order valence-electron chi connectivity index (χ0n) is 9.51. The van der Waals surface area contributed by atoms with Crippen LogP contribution >= 0.6 is 0 Å². The molecule has 1 saturated heterocycles. The number of amides is 2. The predicted octanol–water partition coefficient (Wildman–Crippen LogP) is 1.23. The summed E-state index contributed by atoms with van der Waals surface area (Å²) in [4.78, 5) is 24.9. The van der Waals surface area contributed by atoms with Gasteiger partial charge in [-0.1, -0.05) is 30.3 Å². The molecule has 17 heavy (non-hydrogen) atoms. The number of likely N-dealkylation sites (tertiary alicyclic amines) is 1. The van der Waals surface area contributed by atoms with E-state index in [1.807, 2.05) is 36.4 Å². The number of carbonyl (C=O) groups excluding carboxylic acids is 2. The van der Waals surface area contributed by atoms with Crippen LogP contribution in [-0.2, 0) is 15.0 Å². The maximum absolute atomic E-state index is 12.2. The van der Waals surface area contributed by atoms with Crippen LogP contribution in [0.5, 0.6) is 0 Å². The Morgan fingerprint density at radius 3 is 2.59 bits per heavy atom. The fourth-order valence-electron chi connectivity index (χ4n) is 2.15. The molecule has 4 heteroatoms. The van der Waals surface area contributed by atoms with Crippen molar-refractivity contribution >= 4 is 11.8 Å². The van der Waals surface area contributed by atoms with E-state index in [1.165, 1.54) is 0 Å². The molecule has 1 heterocycles. The van der Waals surface area contributed by atoms with Crippen LogP contribution in [0.25, 0.3) is 0 Å². The number of imide groups is 1. The number of hydrogen-bond donors (Lipinski definition) is 0. The van der Waals surface area contributed by atoms with Gasteiger partial charge in [0.25, 0.3) is 0 Å². The minimum absolute atomic E-state index is 0.136. The lowest BCUT2D eigenvalue weighted by Crippen LogP contribution is -2.36. The lowest BCUT2D eigenvalue weighted by Gasteiger charge is -2.21. The molecule has 1 aromatic rings. The summed E-state index contributed by atoms with van der Waals surface area (Å²) in [7, 11) is 0. The maximum atomic E-state index is 12.2. The molecule has 1 fully saturated rings. The number of nitrogens with zero attached hydrogens (tertiary/aromatic N) is 2. The molecule has 0 aliphatic carbocycles. The Kier molecular flexibility index (Phi) is 2.68. The van der Waals surface area contributed by atoms with E-state index in [0.29, 0.717) is 0 Å². The number of nitriles is 1. The van der Waals surface area contributed by atoms with Crippen molar-refractivity contribution in [2.75, 3.05) is 6.54 Å². The summed E-state index contributed by atoms with van der Waals surface area (Å²) in [6, 6.07) is 11.1. The van der Waals surface area contributed by atoms with Crippen LogP contribution in [0.4, 0.5) is 0 Å². The molecular formula is C13H12N2O2. The smallest absolute Gasteiger partial charge is 0.240 e. The van der Waals surface area contributed by atoms with Gasteiger partial charge >= 0.3 is 0 Å². The maximum Gasteiger partial charge on any atom is 0.240 e. The van der Waals surface area contributed by atoms with E-state index in [4.69, 9.17) is 5.26 Å². The van der Waals surface area contributed by atoms with Gasteiger partial charge < -0.3 is 0 Å². The molecule has 0 radical (unpaired) electrons. The lowest BCUT2D eigenvalue weighted by atomic mass is 9.81. The van der Waals surface area contributed by atoms with Gasteiger partial charge in [0.15, 0.2) is 0 Å². The number of carbonyl (C=O) groups is 2. The average Bonchev–Trinajstić information content (AvgIpc) is 2.56. The second kappa shape index (κ2) is 4.02. The number of hydrogen-bond acceptors (Lipinski definition) is 3. The highest BCUT2D eigenvalue weighted by atomic mass is 16.2. The summed E-state index contributed by atoms with van der Waals surface area (Å²) in [5.41, 5.74) is -0.00589. The van der Waals surface area contributed by atoms with Gasteiger partial charge in [-0.2, -0.15) is 5.26 Å². The van der Waals surface area contributed by atoms with E-state index in [1.54, 1.807) is 6.92 Å². The van der Waals surface area contributed by atoms with E-state index in [9.17, 15) is 9.59 Å². The first-order chi connectivity index (χ1) is 8.09. The molecule has 0 spiro atoms. The molecule has 0 saturated carbocycles. The summed E-state index contributed by atoms with van der Waals surface area (Å²) >= 11 is 0. The zero-order valence-corrected chi connectivity index (χ0v) is 9.51. The van der Waals surface area contributed by atoms with Gasteiger partial charge in [-0.25, -0.2) is 0 Å². The van der Waals surface area contributed by atoms with Crippen LogP contribution in [0.2, 0.25) is 0 Å². The largest absolute Gasteiger partial charge is 0.274 e. The Morgan fingerprint density at radius 2 is 2.00 bits per heavy atom. The molecule has 0 bridgehead atoms. The highest BCUT2D eigenvalue weighted by Crippen LogP contribution is 2.35. The topological polar surface area (TPSA) is 61.2 Å². The summed E-state index contributed by atoms with van der Waals surface area (Å²) in [5, 5.41) is 8.61. The second-order valence-electron chi connectivity index (χ2n) is 4.32. The molecule has 0 N–H and O–H groups in total. The Morgan fingerprint density at radius 1 is 1.35 bits per heavy atom. The SMILES string of the molecule is CC1(c2ccccc2)CC(=O)N(CC#N)C1=O. The highest BCUT2D eigenvalue weighted by molar-refractivity contribution is 6.08. The Bertz CT molecular complexity index is 504. The molecular weight excluding hydrogens is 216 g/mol. The van der Waals surface area contributed by atoms with Crippen LogP contribution in [0.3, 0.4) is 0 Å². The molecule has 1 atom stereocenters. The zero-order chi connectivity index (χ0) is 12.5. The predicted molar refractivity (Wildman–Crippen MR) is 60.7 cm³/mol. The van der Waals surface area contributed by atoms with Crippen LogP contribution < -0.4 is 0 Å². The summed E-state index contributed by atoms with van der Waals surface area (Å²) < 4.78 is 0. The molecule has 1 unspecified atom stereocenters. The minimum Gasteiger partial charge on any atom is -0.274 e. The van der Waals surface area contributed by atoms with E-state index >= 15 is 0 Å². The molecule has 0 aromatic heterocycles. The quantitative estimate of drug-likeness (QED) is 0.565. The van der Waals surface area contributed by atoms with E-state index in [2.05, 4.69) is 0 Å². The van der Waals surface area contributed by atoms with Crippen molar-refractivity contribution in [2.45, 2.75) is 18.8 Å². The first kappa shape index (κ1) is 11.3. The molecule has 1 aliphatic heterocycles. The Hall–Kier alpha value is -2.15. The lowest BCUT2D eigenvalue weighted by molar-refractivity contribution is -0.138. The monoisotopic (exact) mass is 228 g/mol. The van der Waals surface area contributed by atoms with Crippen molar-refractivity contribution in [3.8, 4) is 6.07 Å². The molecule has 4 nitrogen and oxygen atoms in total. The molecule has 1 aliphatic rings. The van der Waals surface area contributed by atoms with Gasteiger partial charge in [0.1, 0.15) is 6.54 Å². The van der Waals surface area contributed by atoms with Crippen LogP contribution in [0, 0.1) is 11.3 Å². The van der Waals surface area contributed by atoms with Gasteiger partial charge in [-0.15, -0.1) is 0 Å². The van der Waals surface area contributed by atoms with Crippen molar-refractivity contribution in [3.05, 3.63) is 35.9 Å². The molecule has 86 valence electrons. The fourth-order valence-corrected chi connectivity index (χ4v) is 2.15. The number of rotatable bonds is 2. The highest BCUT2D eigenvalue weighted by Gasteiger charge is 2.48. The van der Waals surface area contributed by atoms with Crippen molar-refractivity contribution in [2.24, 2.45) is 0 Å². The second-order valence-corrected chi connectivity index (χ2v) is 4.32. The molecule has 2 rings (SSSR count). The summed E-state index contributed by atoms with van der Waals surface area (Å²) in [5.74, 6) is -0.557. The molecule has 1 aromatic carbocycles. The minimum atomic E-state index is -0.824. The van der Waals surface area contributed by atoms with Gasteiger partial charge in [-0.05, 0) is 12.5 Å². The van der Waals surface area contributed by atoms with Gasteiger partial charge in [0.05, 0.1) is 11.5 Å². The van der Waals surface area contributed by atoms with Crippen molar-refractivity contribution < 1.29 is 9.59 Å². The van der Waals surface area contributed by atoms with E-state index in [-0.39, 0.29) is 24.8 Å². The third-order valence-corrected chi connectivity index (χ3v) is 3.16. The summed E-state index contributed by atoms with van der Waals surface area (Å²) in [6.07, 6.45) is 0.136. The van der Waals surface area contributed by atoms with Crippen molar-refractivity contribution in [1.82, 2.24) is 4.90 Å². The standard InChI is InChI=1S/C13H12N2O2/c1-13(10-5-3-2-4-6-10)9-11(16)15(8-7-14)12(13)17/h2-6H,8-9H2,1H3. The third-order valence-electron chi connectivity index (χ3n) is 3.16. The Balaban J connectivity index is 2.39. The summed E-state index contributed by atoms with van der Waals surface area (Å²) in [6.45, 7) is 1.58. The third kappa shape index (κ3) is 1.70. The van der Waals surface area contributed by atoms with E-state index < -0.39 is 5.41 Å². The fraction of sp³-hybridized carbons (Fsp3) is 0.308. The first-order valence-corrected chi connectivity index (χ1v) is 5.37. The Labute approximate surface area is 99.5 Å². The van der Waals surface area contributed by atoms with Crippen LogP contribution in [-0.4, -0.2) is 23.3 Å². The average molecular weight is 228 g/mol. The van der Waals surface area contributed by atoms with Crippen molar-refractivity contribution in [3.63, 3.8) is 0 Å². The van der Waals surface area contributed by atoms with Crippen LogP contribution in [0.15, 0.2) is 30.3 Å². The van der Waals surface area contributed by atoms with Crippen LogP contribution in [0.1, 0.15) is 18.9 Å². The van der Waals surface area contributed by atoms with E-state index in [0.717, 1.165) is 10.5 Å². The van der Waals surface area contributed by atoms with Gasteiger partial charge in [0.2, 0.25) is 11.8 Å².